The molecular weight excluding hydrogens is 561 g/mol. The maximum Gasteiger partial charge on any atom is 0.263 e. The van der Waals surface area contributed by atoms with Crippen LogP contribution in [-0.4, -0.2) is 58.7 Å². The van der Waals surface area contributed by atoms with E-state index in [0.29, 0.717) is 46.8 Å². The number of rotatable bonds is 11. The minimum absolute atomic E-state index is 0.0624. The topological polar surface area (TPSA) is 106 Å². The molecule has 10 heteroatoms. The molecule has 2 N–H and O–H groups in total. The Labute approximate surface area is 255 Å². The molecule has 0 unspecified atom stereocenters. The quantitative estimate of drug-likeness (QED) is 0.319. The number of ether oxygens (including phenoxy) is 1. The number of carbonyl (C=O) groups excluding carboxylic acids is 2. The number of methoxy groups -OCH3 is 1. The number of benzene rings is 1. The van der Waals surface area contributed by atoms with Crippen LogP contribution in [0.15, 0.2) is 47.4 Å². The van der Waals surface area contributed by atoms with Crippen LogP contribution >= 0.6 is 0 Å². The summed E-state index contributed by atoms with van der Waals surface area (Å²) < 4.78 is 20.7. The number of halogens is 1. The molecule has 3 aromatic rings. The van der Waals surface area contributed by atoms with E-state index >= 15 is 0 Å². The second kappa shape index (κ2) is 11.5. The van der Waals surface area contributed by atoms with E-state index < -0.39 is 12.1 Å². The molecule has 230 valence electrons. The number of aromatic nitrogens is 2. The maximum absolute atomic E-state index is 13.7. The van der Waals surface area contributed by atoms with Crippen LogP contribution in [0.1, 0.15) is 89.4 Å². The monoisotopic (exact) mass is 599 g/mol. The molecule has 2 amide bonds. The highest BCUT2D eigenvalue weighted by atomic mass is 19.1. The second-order valence-electron chi connectivity index (χ2n) is 12.8. The number of carbonyl (C=O) groups is 2. The molecule has 1 atom stereocenters. The zero-order valence-electron chi connectivity index (χ0n) is 25.1. The predicted octanol–water partition coefficient (Wildman–Crippen LogP) is 5.07. The number of likely N-dealkylation sites (tertiary alicyclic amines) is 1. The average molecular weight is 600 g/mol. The highest BCUT2D eigenvalue weighted by Gasteiger charge is 2.33. The van der Waals surface area contributed by atoms with Gasteiger partial charge in [-0.15, -0.1) is 0 Å². The van der Waals surface area contributed by atoms with Gasteiger partial charge in [0, 0.05) is 36.4 Å². The van der Waals surface area contributed by atoms with E-state index in [1.807, 2.05) is 18.3 Å². The minimum Gasteiger partial charge on any atom is -0.497 e. The second-order valence-corrected chi connectivity index (χ2v) is 12.8. The third kappa shape index (κ3) is 6.00. The summed E-state index contributed by atoms with van der Waals surface area (Å²) in [6.45, 7) is 2.89. The summed E-state index contributed by atoms with van der Waals surface area (Å²) in [5.41, 5.74) is 3.27. The summed E-state index contributed by atoms with van der Waals surface area (Å²) >= 11 is 0. The predicted molar refractivity (Wildman–Crippen MR) is 165 cm³/mol. The molecule has 0 radical (unpaired) electrons. The van der Waals surface area contributed by atoms with Crippen molar-refractivity contribution in [1.82, 2.24) is 19.8 Å². The fourth-order valence-electron chi connectivity index (χ4n) is 5.97. The molecular formula is C34H38FN5O4. The van der Waals surface area contributed by atoms with Crippen molar-refractivity contribution in [1.29, 1.82) is 0 Å². The van der Waals surface area contributed by atoms with Gasteiger partial charge in [-0.25, -0.2) is 9.37 Å². The lowest BCUT2D eigenvalue weighted by Crippen LogP contribution is -2.51. The smallest absolute Gasteiger partial charge is 0.263 e. The zero-order chi connectivity index (χ0) is 30.5. The number of anilines is 1. The molecule has 7 rings (SSSR count). The van der Waals surface area contributed by atoms with Crippen molar-refractivity contribution in [3.63, 3.8) is 0 Å². The van der Waals surface area contributed by atoms with Crippen LogP contribution in [0.2, 0.25) is 0 Å². The maximum atomic E-state index is 13.7. The van der Waals surface area contributed by atoms with E-state index in [2.05, 4.69) is 17.6 Å². The molecule has 1 saturated heterocycles. The fraction of sp³-hybridized carbons (Fsp3) is 0.471. The van der Waals surface area contributed by atoms with E-state index in [-0.39, 0.29) is 42.1 Å². The first-order valence-corrected chi connectivity index (χ1v) is 15.7. The van der Waals surface area contributed by atoms with Crippen molar-refractivity contribution >= 4 is 17.6 Å². The molecule has 4 aliphatic rings. The Hall–Kier alpha value is -4.05. The van der Waals surface area contributed by atoms with E-state index in [1.54, 1.807) is 28.8 Å². The van der Waals surface area contributed by atoms with Crippen molar-refractivity contribution in [3.8, 4) is 16.9 Å². The van der Waals surface area contributed by atoms with Gasteiger partial charge in [0.1, 0.15) is 23.3 Å². The largest absolute Gasteiger partial charge is 0.497 e. The molecule has 3 saturated carbocycles. The van der Waals surface area contributed by atoms with Gasteiger partial charge in [-0.3, -0.25) is 14.4 Å². The van der Waals surface area contributed by atoms with Gasteiger partial charge in [0.25, 0.3) is 17.4 Å². The minimum atomic E-state index is -1.02. The van der Waals surface area contributed by atoms with Gasteiger partial charge < -0.3 is 24.8 Å². The summed E-state index contributed by atoms with van der Waals surface area (Å²) in [6.07, 6.45) is 7.18. The number of amides is 2. The van der Waals surface area contributed by atoms with Gasteiger partial charge in [-0.05, 0) is 104 Å². The summed E-state index contributed by atoms with van der Waals surface area (Å²) in [5, 5.41) is 6.46. The summed E-state index contributed by atoms with van der Waals surface area (Å²) in [5.74, 6) is 1.02. The van der Waals surface area contributed by atoms with Crippen molar-refractivity contribution in [2.24, 2.45) is 5.92 Å². The first-order chi connectivity index (χ1) is 21.3. The third-order valence-corrected chi connectivity index (χ3v) is 9.22. The van der Waals surface area contributed by atoms with Crippen LogP contribution in [-0.2, 0) is 6.54 Å². The average Bonchev–Trinajstić information content (AvgIpc) is 3.85. The summed E-state index contributed by atoms with van der Waals surface area (Å²) in [7, 11) is 1.53. The Bertz CT molecular complexity index is 1670. The number of alkyl halides is 1. The number of nitrogens with zero attached hydrogens (tertiary/aromatic N) is 3. The zero-order valence-corrected chi connectivity index (χ0v) is 25.1. The molecule has 2 aromatic heterocycles. The van der Waals surface area contributed by atoms with Crippen LogP contribution in [0.5, 0.6) is 5.75 Å². The molecule has 44 heavy (non-hydrogen) atoms. The van der Waals surface area contributed by atoms with Gasteiger partial charge in [-0.2, -0.15) is 0 Å². The lowest BCUT2D eigenvalue weighted by Gasteiger charge is -2.34. The van der Waals surface area contributed by atoms with Crippen LogP contribution in [0, 0.1) is 5.92 Å². The van der Waals surface area contributed by atoms with Crippen molar-refractivity contribution in [3.05, 3.63) is 75.3 Å². The lowest BCUT2D eigenvalue weighted by molar-refractivity contribution is 0.0400. The first kappa shape index (κ1) is 28.7. The molecule has 3 heterocycles. The van der Waals surface area contributed by atoms with Crippen LogP contribution < -0.4 is 20.9 Å². The van der Waals surface area contributed by atoms with Gasteiger partial charge in [0.2, 0.25) is 0 Å². The Kier molecular flexibility index (Phi) is 7.48. The summed E-state index contributed by atoms with van der Waals surface area (Å²) in [6, 6.07) is 11.1. The third-order valence-electron chi connectivity index (χ3n) is 9.22. The van der Waals surface area contributed by atoms with Gasteiger partial charge >= 0.3 is 0 Å². The standard InChI is InChI=1S/C34H38FN5O4/c1-19(21-3-4-21)36-15-20-11-29(34(43)40(16-20)25-7-8-25)32(41)38-31-13-23(12-30(37-31)22-5-6-22)27-10-9-26(44-2)14-28(27)33(42)39-17-24(35)18-39/h9-14,16,19,21-22,24-25,36H,3-8,15,17-18H2,1-2H3,(H,37,38,41)/t19-/m0/s1. The van der Waals surface area contributed by atoms with Gasteiger partial charge in [0.15, 0.2) is 0 Å². The normalized spacial score (nSPS) is 18.9. The molecule has 4 fully saturated rings. The summed E-state index contributed by atoms with van der Waals surface area (Å²) in [4.78, 5) is 46.8. The number of nitrogens with one attached hydrogen (secondary N) is 2. The Morgan fingerprint density at radius 3 is 2.48 bits per heavy atom. The number of hydrogen-bond acceptors (Lipinski definition) is 6. The molecule has 1 aliphatic heterocycles. The van der Waals surface area contributed by atoms with Crippen LogP contribution in [0.25, 0.3) is 11.1 Å². The van der Waals surface area contributed by atoms with E-state index in [1.165, 1.54) is 24.9 Å². The van der Waals surface area contributed by atoms with Gasteiger partial charge in [0.05, 0.1) is 25.8 Å². The van der Waals surface area contributed by atoms with Gasteiger partial charge in [-0.1, -0.05) is 0 Å². The fourth-order valence-corrected chi connectivity index (χ4v) is 5.97. The highest BCUT2D eigenvalue weighted by Crippen LogP contribution is 2.42. The van der Waals surface area contributed by atoms with Crippen molar-refractivity contribution in [2.45, 2.75) is 76.2 Å². The molecule has 1 aromatic carbocycles. The van der Waals surface area contributed by atoms with Crippen LogP contribution in [0.3, 0.4) is 0 Å². The van der Waals surface area contributed by atoms with Crippen LogP contribution in [0.4, 0.5) is 10.2 Å². The Balaban J connectivity index is 1.20. The first-order valence-electron chi connectivity index (χ1n) is 15.7. The van der Waals surface area contributed by atoms with E-state index in [0.717, 1.165) is 36.9 Å². The number of pyridine rings is 2. The van der Waals surface area contributed by atoms with Crippen molar-refractivity contribution in [2.75, 3.05) is 25.5 Å². The molecule has 9 nitrogen and oxygen atoms in total. The highest BCUT2D eigenvalue weighted by molar-refractivity contribution is 6.05. The van der Waals surface area contributed by atoms with E-state index in [4.69, 9.17) is 9.72 Å². The van der Waals surface area contributed by atoms with Crippen molar-refractivity contribution < 1.29 is 18.7 Å². The molecule has 3 aliphatic carbocycles. The Morgan fingerprint density at radius 2 is 1.82 bits per heavy atom. The molecule has 0 spiro atoms. The molecule has 0 bridgehead atoms. The SMILES string of the molecule is COc1ccc(-c2cc(NC(=O)c3cc(CN[C@@H](C)C4CC4)cn(C4CC4)c3=O)nc(C3CC3)c2)c(C(=O)N2CC(F)C2)c1. The van der Waals surface area contributed by atoms with E-state index in [9.17, 15) is 18.8 Å². The Morgan fingerprint density at radius 1 is 1.05 bits per heavy atom. The number of hydrogen-bond donors (Lipinski definition) is 2. The lowest BCUT2D eigenvalue weighted by atomic mass is 9.96.